The Balaban J connectivity index is 2.25. The van der Waals surface area contributed by atoms with Gasteiger partial charge in [0.05, 0.1) is 0 Å². The van der Waals surface area contributed by atoms with Gasteiger partial charge in [-0.3, -0.25) is 9.69 Å². The molecule has 1 N–H and O–H groups in total. The Hall–Kier alpha value is -1.61. The van der Waals surface area contributed by atoms with Crippen LogP contribution in [0.3, 0.4) is 0 Å². The number of carbonyl (C=O) groups excluding carboxylic acids is 1. The highest BCUT2D eigenvalue weighted by molar-refractivity contribution is 5.83. The van der Waals surface area contributed by atoms with Crippen molar-refractivity contribution in [3.8, 4) is 0 Å². The third kappa shape index (κ3) is 2.74. The molecule has 1 aromatic carbocycles. The molecule has 0 bridgehead atoms. The summed E-state index contributed by atoms with van der Waals surface area (Å²) in [5.74, 6) is 0.0868. The van der Waals surface area contributed by atoms with E-state index in [1.165, 1.54) is 0 Å². The third-order valence-corrected chi connectivity index (χ3v) is 2.90. The zero-order chi connectivity index (χ0) is 12.3. The van der Waals surface area contributed by atoms with Gasteiger partial charge in [-0.25, -0.2) is 0 Å². The smallest absolute Gasteiger partial charge is 0.242 e. The highest BCUT2D eigenvalue weighted by Crippen LogP contribution is 2.23. The standard InChI is InChI=1S/C14H18N2O/c1-11(2)10-16-9-8-15-14(17)13(16)12-6-4-3-5-7-12/h3-7,13H,1,8-10H2,2H3,(H,15,17)/t13-/m1/s1. The first-order valence-corrected chi connectivity index (χ1v) is 5.89. The van der Waals surface area contributed by atoms with Crippen molar-refractivity contribution in [3.05, 3.63) is 48.0 Å². The highest BCUT2D eigenvalue weighted by Gasteiger charge is 2.30. The molecule has 1 heterocycles. The first kappa shape index (κ1) is 11.9. The van der Waals surface area contributed by atoms with E-state index in [9.17, 15) is 4.79 Å². The van der Waals surface area contributed by atoms with E-state index < -0.39 is 0 Å². The minimum absolute atomic E-state index is 0.0868. The van der Waals surface area contributed by atoms with Gasteiger partial charge in [0.25, 0.3) is 0 Å². The lowest BCUT2D eigenvalue weighted by molar-refractivity contribution is -0.129. The zero-order valence-electron chi connectivity index (χ0n) is 10.1. The normalized spacial score (nSPS) is 21.0. The number of carbonyl (C=O) groups is 1. The first-order chi connectivity index (χ1) is 8.18. The van der Waals surface area contributed by atoms with Gasteiger partial charge in [0, 0.05) is 19.6 Å². The zero-order valence-corrected chi connectivity index (χ0v) is 10.1. The van der Waals surface area contributed by atoms with Gasteiger partial charge < -0.3 is 5.32 Å². The molecule has 1 atom stereocenters. The Morgan fingerprint density at radius 2 is 2.18 bits per heavy atom. The molecule has 0 spiro atoms. The molecule has 0 aromatic heterocycles. The Bertz CT molecular complexity index is 413. The Kier molecular flexibility index (Phi) is 3.59. The van der Waals surface area contributed by atoms with Gasteiger partial charge in [0.15, 0.2) is 0 Å². The lowest BCUT2D eigenvalue weighted by Crippen LogP contribution is -2.50. The van der Waals surface area contributed by atoms with Crippen molar-refractivity contribution in [1.82, 2.24) is 10.2 Å². The van der Waals surface area contributed by atoms with Crippen molar-refractivity contribution in [1.29, 1.82) is 0 Å². The fourth-order valence-electron chi connectivity index (χ4n) is 2.23. The monoisotopic (exact) mass is 230 g/mol. The van der Waals surface area contributed by atoms with E-state index >= 15 is 0 Å². The molecule has 3 nitrogen and oxygen atoms in total. The third-order valence-electron chi connectivity index (χ3n) is 2.90. The van der Waals surface area contributed by atoms with E-state index in [-0.39, 0.29) is 11.9 Å². The number of piperazine rings is 1. The number of benzene rings is 1. The van der Waals surface area contributed by atoms with Crippen LogP contribution in [0.25, 0.3) is 0 Å². The number of amides is 1. The second-order valence-electron chi connectivity index (χ2n) is 4.53. The van der Waals surface area contributed by atoms with Gasteiger partial charge in [-0.1, -0.05) is 42.5 Å². The minimum atomic E-state index is -0.179. The number of hydrogen-bond donors (Lipinski definition) is 1. The minimum Gasteiger partial charge on any atom is -0.353 e. The average molecular weight is 230 g/mol. The molecule has 0 unspecified atom stereocenters. The molecule has 3 heteroatoms. The van der Waals surface area contributed by atoms with Crippen LogP contribution in [-0.2, 0) is 4.79 Å². The van der Waals surface area contributed by atoms with Gasteiger partial charge in [0.2, 0.25) is 5.91 Å². The highest BCUT2D eigenvalue weighted by atomic mass is 16.2. The van der Waals surface area contributed by atoms with Crippen molar-refractivity contribution < 1.29 is 4.79 Å². The molecule has 1 saturated heterocycles. The van der Waals surface area contributed by atoms with E-state index in [1.807, 2.05) is 37.3 Å². The quantitative estimate of drug-likeness (QED) is 0.802. The summed E-state index contributed by atoms with van der Waals surface area (Å²) >= 11 is 0. The van der Waals surface area contributed by atoms with Crippen molar-refractivity contribution in [3.63, 3.8) is 0 Å². The van der Waals surface area contributed by atoms with Crippen molar-refractivity contribution in [2.45, 2.75) is 13.0 Å². The summed E-state index contributed by atoms with van der Waals surface area (Å²) in [6.45, 7) is 8.29. The second-order valence-corrected chi connectivity index (χ2v) is 4.53. The molecule has 1 fully saturated rings. The number of rotatable bonds is 3. The molecule has 1 aliphatic rings. The molecule has 1 aromatic rings. The van der Waals surface area contributed by atoms with Gasteiger partial charge >= 0.3 is 0 Å². The number of nitrogens with zero attached hydrogens (tertiary/aromatic N) is 1. The summed E-state index contributed by atoms with van der Waals surface area (Å²) in [7, 11) is 0. The summed E-state index contributed by atoms with van der Waals surface area (Å²) in [6.07, 6.45) is 0. The molecule has 17 heavy (non-hydrogen) atoms. The summed E-state index contributed by atoms with van der Waals surface area (Å²) < 4.78 is 0. The van der Waals surface area contributed by atoms with Crippen LogP contribution in [0.2, 0.25) is 0 Å². The molecule has 0 saturated carbocycles. The van der Waals surface area contributed by atoms with Gasteiger partial charge in [-0.2, -0.15) is 0 Å². The van der Waals surface area contributed by atoms with E-state index in [4.69, 9.17) is 0 Å². The van der Waals surface area contributed by atoms with Crippen LogP contribution in [-0.4, -0.2) is 30.4 Å². The lowest BCUT2D eigenvalue weighted by atomic mass is 10.0. The summed E-state index contributed by atoms with van der Waals surface area (Å²) in [4.78, 5) is 14.2. The molecule has 1 amide bonds. The van der Waals surface area contributed by atoms with E-state index in [1.54, 1.807) is 0 Å². The van der Waals surface area contributed by atoms with E-state index in [2.05, 4.69) is 16.8 Å². The molecule has 2 rings (SSSR count). The fourth-order valence-corrected chi connectivity index (χ4v) is 2.23. The van der Waals surface area contributed by atoms with Crippen LogP contribution in [0, 0.1) is 0 Å². The van der Waals surface area contributed by atoms with Crippen molar-refractivity contribution >= 4 is 5.91 Å². The predicted molar refractivity (Wildman–Crippen MR) is 68.6 cm³/mol. The largest absolute Gasteiger partial charge is 0.353 e. The maximum atomic E-state index is 12.0. The van der Waals surface area contributed by atoms with Crippen LogP contribution >= 0.6 is 0 Å². The van der Waals surface area contributed by atoms with Crippen LogP contribution in [0.15, 0.2) is 42.5 Å². The Morgan fingerprint density at radius 3 is 2.82 bits per heavy atom. The molecular formula is C14H18N2O. The average Bonchev–Trinajstić information content (AvgIpc) is 2.29. The Morgan fingerprint density at radius 1 is 1.47 bits per heavy atom. The van der Waals surface area contributed by atoms with E-state index in [0.717, 1.165) is 30.8 Å². The summed E-state index contributed by atoms with van der Waals surface area (Å²) in [5.41, 5.74) is 2.13. The maximum Gasteiger partial charge on any atom is 0.242 e. The fraction of sp³-hybridized carbons (Fsp3) is 0.357. The SMILES string of the molecule is C=C(C)CN1CCNC(=O)[C@H]1c1ccccc1. The second kappa shape index (κ2) is 5.15. The van der Waals surface area contributed by atoms with Crippen LogP contribution < -0.4 is 5.32 Å². The maximum absolute atomic E-state index is 12.0. The van der Waals surface area contributed by atoms with Crippen LogP contribution in [0.4, 0.5) is 0 Å². The van der Waals surface area contributed by atoms with Crippen molar-refractivity contribution in [2.75, 3.05) is 19.6 Å². The van der Waals surface area contributed by atoms with Gasteiger partial charge in [0.1, 0.15) is 6.04 Å². The molecule has 0 radical (unpaired) electrons. The Labute approximate surface area is 102 Å². The van der Waals surface area contributed by atoms with Gasteiger partial charge in [-0.05, 0) is 12.5 Å². The lowest BCUT2D eigenvalue weighted by Gasteiger charge is -2.35. The predicted octanol–water partition coefficient (Wildman–Crippen LogP) is 1.74. The van der Waals surface area contributed by atoms with Gasteiger partial charge in [-0.15, -0.1) is 0 Å². The molecule has 90 valence electrons. The van der Waals surface area contributed by atoms with Crippen LogP contribution in [0.1, 0.15) is 18.5 Å². The molecule has 1 aliphatic heterocycles. The van der Waals surface area contributed by atoms with Crippen molar-refractivity contribution in [2.24, 2.45) is 0 Å². The topological polar surface area (TPSA) is 32.3 Å². The molecular weight excluding hydrogens is 212 g/mol. The summed E-state index contributed by atoms with van der Waals surface area (Å²) in [6, 6.07) is 9.73. The first-order valence-electron chi connectivity index (χ1n) is 5.89. The van der Waals surface area contributed by atoms with Crippen LogP contribution in [0.5, 0.6) is 0 Å². The number of hydrogen-bond acceptors (Lipinski definition) is 2. The summed E-state index contributed by atoms with van der Waals surface area (Å²) in [5, 5.41) is 2.92. The number of nitrogens with one attached hydrogen (secondary N) is 1. The molecule has 0 aliphatic carbocycles. The van der Waals surface area contributed by atoms with E-state index in [0.29, 0.717) is 0 Å².